The molecule has 5 rings (SSSR count). The van der Waals surface area contributed by atoms with E-state index in [0.717, 1.165) is 34.1 Å². The van der Waals surface area contributed by atoms with Crippen molar-refractivity contribution in [2.45, 2.75) is 26.9 Å². The second-order valence-electron chi connectivity index (χ2n) is 8.23. The molecule has 0 aliphatic heterocycles. The van der Waals surface area contributed by atoms with Gasteiger partial charge in [-0.25, -0.2) is 9.48 Å². The van der Waals surface area contributed by atoms with Crippen molar-refractivity contribution in [3.63, 3.8) is 0 Å². The molecule has 5 aromatic rings. The Bertz CT molecular complexity index is 1510. The SMILES string of the molecule is CCc1ccc(-n2cc(COC(=O)c3c(C)nc4ccc(Cl)cc4c3-c3ccccc3)nn2)cc1. The minimum atomic E-state index is -0.474. The highest BCUT2D eigenvalue weighted by Crippen LogP contribution is 2.35. The largest absolute Gasteiger partial charge is 0.455 e. The van der Waals surface area contributed by atoms with E-state index in [1.807, 2.05) is 61.5 Å². The molecule has 0 bridgehead atoms. The average molecular weight is 483 g/mol. The van der Waals surface area contributed by atoms with Crippen LogP contribution in [0.2, 0.25) is 5.02 Å². The number of ether oxygens (including phenoxy) is 1. The normalized spacial score (nSPS) is 11.1. The first-order valence-electron chi connectivity index (χ1n) is 11.4. The molecular formula is C28H23ClN4O2. The highest BCUT2D eigenvalue weighted by atomic mass is 35.5. The first kappa shape index (κ1) is 22.7. The Morgan fingerprint density at radius 2 is 1.80 bits per heavy atom. The van der Waals surface area contributed by atoms with Gasteiger partial charge >= 0.3 is 5.97 Å². The summed E-state index contributed by atoms with van der Waals surface area (Å²) in [6, 6.07) is 23.3. The lowest BCUT2D eigenvalue weighted by molar-refractivity contribution is 0.0467. The highest BCUT2D eigenvalue weighted by Gasteiger charge is 2.22. The van der Waals surface area contributed by atoms with Gasteiger partial charge < -0.3 is 4.74 Å². The molecule has 0 saturated carbocycles. The van der Waals surface area contributed by atoms with E-state index in [4.69, 9.17) is 16.3 Å². The summed E-state index contributed by atoms with van der Waals surface area (Å²) < 4.78 is 7.36. The highest BCUT2D eigenvalue weighted by molar-refractivity contribution is 6.31. The lowest BCUT2D eigenvalue weighted by atomic mass is 9.94. The number of carbonyl (C=O) groups excluding carboxylic acids is 1. The predicted octanol–water partition coefficient (Wildman–Crippen LogP) is 6.36. The van der Waals surface area contributed by atoms with Gasteiger partial charge in [0.1, 0.15) is 12.3 Å². The Kier molecular flexibility index (Phi) is 6.29. The van der Waals surface area contributed by atoms with E-state index in [-0.39, 0.29) is 6.61 Å². The number of carbonyl (C=O) groups is 1. The van der Waals surface area contributed by atoms with Crippen molar-refractivity contribution in [3.05, 3.63) is 107 Å². The number of nitrogens with zero attached hydrogens (tertiary/aromatic N) is 4. The fourth-order valence-electron chi connectivity index (χ4n) is 4.10. The molecule has 3 aromatic carbocycles. The van der Waals surface area contributed by atoms with Crippen molar-refractivity contribution in [1.29, 1.82) is 0 Å². The van der Waals surface area contributed by atoms with E-state index < -0.39 is 5.97 Å². The number of hydrogen-bond donors (Lipinski definition) is 0. The third-order valence-corrected chi connectivity index (χ3v) is 6.13. The van der Waals surface area contributed by atoms with E-state index in [2.05, 4.69) is 34.4 Å². The van der Waals surface area contributed by atoms with Crippen LogP contribution >= 0.6 is 11.6 Å². The van der Waals surface area contributed by atoms with Gasteiger partial charge in [-0.05, 0) is 54.8 Å². The Labute approximate surface area is 208 Å². The molecule has 7 heteroatoms. The van der Waals surface area contributed by atoms with Gasteiger partial charge in [-0.2, -0.15) is 0 Å². The van der Waals surface area contributed by atoms with E-state index >= 15 is 0 Å². The van der Waals surface area contributed by atoms with Crippen LogP contribution in [0.5, 0.6) is 0 Å². The van der Waals surface area contributed by atoms with Crippen LogP contribution in [0.3, 0.4) is 0 Å². The number of aryl methyl sites for hydroxylation is 2. The van der Waals surface area contributed by atoms with Crippen molar-refractivity contribution in [2.75, 3.05) is 0 Å². The smallest absolute Gasteiger partial charge is 0.341 e. The number of aromatic nitrogens is 4. The molecule has 2 aromatic heterocycles. The van der Waals surface area contributed by atoms with Crippen molar-refractivity contribution < 1.29 is 9.53 Å². The maximum absolute atomic E-state index is 13.4. The maximum atomic E-state index is 13.4. The summed E-state index contributed by atoms with van der Waals surface area (Å²) in [6.07, 6.45) is 2.73. The molecule has 2 heterocycles. The minimum absolute atomic E-state index is 0.00682. The first-order valence-corrected chi connectivity index (χ1v) is 11.7. The Balaban J connectivity index is 1.45. The average Bonchev–Trinajstić information content (AvgIpc) is 3.36. The van der Waals surface area contributed by atoms with Gasteiger partial charge in [-0.15, -0.1) is 5.10 Å². The van der Waals surface area contributed by atoms with Crippen LogP contribution in [-0.2, 0) is 17.8 Å². The van der Waals surface area contributed by atoms with Crippen molar-refractivity contribution in [2.24, 2.45) is 0 Å². The molecule has 0 N–H and O–H groups in total. The fraction of sp³-hybridized carbons (Fsp3) is 0.143. The molecule has 0 spiro atoms. The lowest BCUT2D eigenvalue weighted by Gasteiger charge is -2.15. The Morgan fingerprint density at radius 1 is 1.03 bits per heavy atom. The van der Waals surface area contributed by atoms with Gasteiger partial charge in [0.05, 0.1) is 28.7 Å². The van der Waals surface area contributed by atoms with Gasteiger partial charge in [-0.3, -0.25) is 4.98 Å². The van der Waals surface area contributed by atoms with Crippen LogP contribution in [0.4, 0.5) is 0 Å². The molecular weight excluding hydrogens is 460 g/mol. The third-order valence-electron chi connectivity index (χ3n) is 5.90. The van der Waals surface area contributed by atoms with Crippen LogP contribution in [0.1, 0.15) is 34.2 Å². The summed E-state index contributed by atoms with van der Waals surface area (Å²) in [5.74, 6) is -0.474. The number of fused-ring (bicyclic) bond motifs is 1. The zero-order chi connectivity index (χ0) is 24.4. The van der Waals surface area contributed by atoms with Gasteiger partial charge in [0.25, 0.3) is 0 Å². The summed E-state index contributed by atoms with van der Waals surface area (Å²) in [5.41, 5.74) is 6.09. The third kappa shape index (κ3) is 4.66. The van der Waals surface area contributed by atoms with Crippen LogP contribution in [-0.4, -0.2) is 25.9 Å². The lowest BCUT2D eigenvalue weighted by Crippen LogP contribution is -2.11. The number of halogens is 1. The number of rotatable bonds is 6. The molecule has 0 saturated heterocycles. The topological polar surface area (TPSA) is 69.9 Å². The van der Waals surface area contributed by atoms with Crippen LogP contribution < -0.4 is 0 Å². The van der Waals surface area contributed by atoms with E-state index in [9.17, 15) is 4.79 Å². The van der Waals surface area contributed by atoms with Gasteiger partial charge in [0, 0.05) is 16.0 Å². The van der Waals surface area contributed by atoms with E-state index in [1.54, 1.807) is 16.9 Å². The quantitative estimate of drug-likeness (QED) is 0.263. The summed E-state index contributed by atoms with van der Waals surface area (Å²) in [4.78, 5) is 18.0. The molecule has 35 heavy (non-hydrogen) atoms. The molecule has 0 aliphatic carbocycles. The number of benzene rings is 3. The predicted molar refractivity (Wildman–Crippen MR) is 137 cm³/mol. The second-order valence-corrected chi connectivity index (χ2v) is 8.66. The number of esters is 1. The minimum Gasteiger partial charge on any atom is -0.455 e. The Hall–Kier alpha value is -4.03. The summed E-state index contributed by atoms with van der Waals surface area (Å²) in [7, 11) is 0. The van der Waals surface area contributed by atoms with Crippen LogP contribution in [0, 0.1) is 6.92 Å². The van der Waals surface area contributed by atoms with Crippen molar-refractivity contribution >= 4 is 28.5 Å². The summed E-state index contributed by atoms with van der Waals surface area (Å²) >= 11 is 6.30. The molecule has 0 radical (unpaired) electrons. The first-order chi connectivity index (χ1) is 17.0. The van der Waals surface area contributed by atoms with Gasteiger partial charge in [0.15, 0.2) is 0 Å². The number of hydrogen-bond acceptors (Lipinski definition) is 5. The second kappa shape index (κ2) is 9.68. The standard InChI is InChI=1S/C28H23ClN4O2/c1-3-19-9-12-23(13-10-19)33-16-22(31-32-33)17-35-28(34)26-18(2)30-25-14-11-21(29)15-24(25)27(26)20-7-5-4-6-8-20/h4-16H,3,17H2,1-2H3. The molecule has 0 atom stereocenters. The number of pyridine rings is 1. The molecule has 0 fully saturated rings. The fourth-order valence-corrected chi connectivity index (χ4v) is 4.27. The van der Waals surface area contributed by atoms with Crippen LogP contribution in [0.15, 0.2) is 79.0 Å². The van der Waals surface area contributed by atoms with Crippen LogP contribution in [0.25, 0.3) is 27.7 Å². The van der Waals surface area contributed by atoms with Crippen molar-refractivity contribution in [1.82, 2.24) is 20.0 Å². The summed E-state index contributed by atoms with van der Waals surface area (Å²) in [6.45, 7) is 3.92. The molecule has 0 aliphatic rings. The van der Waals surface area contributed by atoms with Gasteiger partial charge in [-0.1, -0.05) is 66.2 Å². The zero-order valence-corrected chi connectivity index (χ0v) is 20.2. The molecule has 6 nitrogen and oxygen atoms in total. The molecule has 0 unspecified atom stereocenters. The zero-order valence-electron chi connectivity index (χ0n) is 19.4. The van der Waals surface area contributed by atoms with Crippen molar-refractivity contribution in [3.8, 4) is 16.8 Å². The Morgan fingerprint density at radius 3 is 2.54 bits per heavy atom. The molecule has 174 valence electrons. The summed E-state index contributed by atoms with van der Waals surface area (Å²) in [5, 5.41) is 9.71. The van der Waals surface area contributed by atoms with E-state index in [1.165, 1.54) is 5.56 Å². The van der Waals surface area contributed by atoms with E-state index in [0.29, 0.717) is 22.0 Å². The maximum Gasteiger partial charge on any atom is 0.341 e. The van der Waals surface area contributed by atoms with Gasteiger partial charge in [0.2, 0.25) is 0 Å². The monoisotopic (exact) mass is 482 g/mol. The molecule has 0 amide bonds.